The second-order valence-electron chi connectivity index (χ2n) is 6.10. The van der Waals surface area contributed by atoms with Gasteiger partial charge in [-0.2, -0.15) is 8.42 Å². The van der Waals surface area contributed by atoms with Gasteiger partial charge in [0.1, 0.15) is 0 Å². The van der Waals surface area contributed by atoms with Gasteiger partial charge in [-0.05, 0) is 42.6 Å². The van der Waals surface area contributed by atoms with Gasteiger partial charge in [0.15, 0.2) is 0 Å². The Balaban J connectivity index is 1.81. The number of hydroxylamine groups is 2. The van der Waals surface area contributed by atoms with E-state index in [9.17, 15) is 18.0 Å². The SMILES string of the molecule is Cc1ccc(S(=O)(=O)ON2C(=O)c3cccc4cc(Br)cc(c34)C2=O)cc1. The van der Waals surface area contributed by atoms with Gasteiger partial charge < -0.3 is 0 Å². The Morgan fingerprint density at radius 3 is 2.30 bits per heavy atom. The standard InChI is InChI=1S/C19H12BrNO5S/c1-11-5-7-14(8-6-11)27(24,25)26-21-18(22)15-4-2-3-12-9-13(20)10-16(17(12)15)19(21)23/h2-10H,1H3. The molecule has 6 nitrogen and oxygen atoms in total. The summed E-state index contributed by atoms with van der Waals surface area (Å²) >= 11 is 3.33. The van der Waals surface area contributed by atoms with Crippen molar-refractivity contribution in [2.75, 3.05) is 0 Å². The summed E-state index contributed by atoms with van der Waals surface area (Å²) < 4.78 is 30.7. The van der Waals surface area contributed by atoms with E-state index in [0.717, 1.165) is 5.56 Å². The van der Waals surface area contributed by atoms with Crippen LogP contribution in [0, 0.1) is 6.92 Å². The molecule has 0 spiro atoms. The molecule has 0 aliphatic carbocycles. The third-order valence-electron chi connectivity index (χ3n) is 4.25. The first-order chi connectivity index (χ1) is 12.8. The highest BCUT2D eigenvalue weighted by Crippen LogP contribution is 2.33. The summed E-state index contributed by atoms with van der Waals surface area (Å²) in [5, 5.41) is 1.47. The van der Waals surface area contributed by atoms with Gasteiger partial charge in [0.2, 0.25) is 0 Å². The molecule has 0 saturated heterocycles. The number of halogens is 1. The van der Waals surface area contributed by atoms with Crippen molar-refractivity contribution in [3.05, 3.63) is 75.8 Å². The first kappa shape index (κ1) is 17.8. The number of aryl methyl sites for hydroxylation is 1. The second kappa shape index (κ2) is 6.26. The number of nitrogens with zero attached hydrogens (tertiary/aromatic N) is 1. The zero-order valence-corrected chi connectivity index (χ0v) is 16.4. The molecule has 2 amide bonds. The fourth-order valence-electron chi connectivity index (χ4n) is 2.96. The molecule has 3 aromatic carbocycles. The highest BCUT2D eigenvalue weighted by molar-refractivity contribution is 9.10. The molecule has 0 radical (unpaired) electrons. The van der Waals surface area contributed by atoms with Crippen molar-refractivity contribution in [2.24, 2.45) is 0 Å². The molecule has 0 atom stereocenters. The van der Waals surface area contributed by atoms with Crippen molar-refractivity contribution in [3.63, 3.8) is 0 Å². The van der Waals surface area contributed by atoms with E-state index in [4.69, 9.17) is 4.28 Å². The van der Waals surface area contributed by atoms with Crippen molar-refractivity contribution >= 4 is 48.6 Å². The molecule has 1 aliphatic rings. The number of carbonyl (C=O) groups is 2. The van der Waals surface area contributed by atoms with Crippen LogP contribution in [0.4, 0.5) is 0 Å². The van der Waals surface area contributed by atoms with Crippen LogP contribution in [0.15, 0.2) is 64.0 Å². The number of benzene rings is 3. The second-order valence-corrected chi connectivity index (χ2v) is 8.55. The Hall–Kier alpha value is -2.55. The summed E-state index contributed by atoms with van der Waals surface area (Å²) in [5.74, 6) is -1.66. The molecule has 0 aromatic heterocycles. The number of carbonyl (C=O) groups excluding carboxylic acids is 2. The molecular weight excluding hydrogens is 434 g/mol. The van der Waals surface area contributed by atoms with E-state index >= 15 is 0 Å². The van der Waals surface area contributed by atoms with Crippen LogP contribution >= 0.6 is 15.9 Å². The van der Waals surface area contributed by atoms with Crippen LogP contribution in [-0.2, 0) is 14.4 Å². The third-order valence-corrected chi connectivity index (χ3v) is 5.91. The van der Waals surface area contributed by atoms with Crippen LogP contribution in [0.25, 0.3) is 10.8 Å². The summed E-state index contributed by atoms with van der Waals surface area (Å²) in [6.45, 7) is 1.81. The Morgan fingerprint density at radius 1 is 0.926 bits per heavy atom. The summed E-state index contributed by atoms with van der Waals surface area (Å²) in [6, 6.07) is 14.2. The molecule has 4 rings (SSSR count). The predicted octanol–water partition coefficient (Wildman–Crippen LogP) is 3.83. The fraction of sp³-hybridized carbons (Fsp3) is 0.0526. The highest BCUT2D eigenvalue weighted by Gasteiger charge is 2.37. The van der Waals surface area contributed by atoms with Crippen LogP contribution in [0.2, 0.25) is 0 Å². The minimum atomic E-state index is -4.35. The van der Waals surface area contributed by atoms with Crippen molar-refractivity contribution in [3.8, 4) is 0 Å². The lowest BCUT2D eigenvalue weighted by atomic mass is 9.95. The number of imide groups is 1. The van der Waals surface area contributed by atoms with Gasteiger partial charge in [-0.1, -0.05) is 45.8 Å². The molecule has 136 valence electrons. The molecular formula is C19H12BrNO5S. The van der Waals surface area contributed by atoms with Crippen LogP contribution in [-0.4, -0.2) is 25.3 Å². The van der Waals surface area contributed by atoms with Crippen molar-refractivity contribution in [1.29, 1.82) is 0 Å². The molecule has 0 N–H and O–H groups in total. The average Bonchev–Trinajstić information content (AvgIpc) is 2.63. The summed E-state index contributed by atoms with van der Waals surface area (Å²) in [5.41, 5.74) is 1.26. The monoisotopic (exact) mass is 445 g/mol. The Morgan fingerprint density at radius 2 is 1.59 bits per heavy atom. The highest BCUT2D eigenvalue weighted by atomic mass is 79.9. The van der Waals surface area contributed by atoms with E-state index in [0.29, 0.717) is 20.3 Å². The lowest BCUT2D eigenvalue weighted by Gasteiger charge is -2.25. The van der Waals surface area contributed by atoms with E-state index in [1.807, 2.05) is 6.92 Å². The molecule has 0 bridgehead atoms. The third kappa shape index (κ3) is 2.95. The number of rotatable bonds is 3. The molecule has 3 aromatic rings. The smallest absolute Gasteiger partial charge is 0.266 e. The minimum absolute atomic E-state index is 0.146. The lowest BCUT2D eigenvalue weighted by Crippen LogP contribution is -2.41. The Kier molecular flexibility index (Phi) is 4.14. The largest absolute Gasteiger partial charge is 0.318 e. The molecule has 0 fully saturated rings. The fourth-order valence-corrected chi connectivity index (χ4v) is 4.33. The van der Waals surface area contributed by atoms with Crippen LogP contribution in [0.3, 0.4) is 0 Å². The van der Waals surface area contributed by atoms with E-state index in [2.05, 4.69) is 15.9 Å². The summed E-state index contributed by atoms with van der Waals surface area (Å²) in [6.07, 6.45) is 0. The minimum Gasteiger partial charge on any atom is -0.266 e. The number of amides is 2. The Labute approximate surface area is 163 Å². The first-order valence-corrected chi connectivity index (χ1v) is 10.1. The van der Waals surface area contributed by atoms with Crippen molar-refractivity contribution in [2.45, 2.75) is 11.8 Å². The van der Waals surface area contributed by atoms with Crippen LogP contribution < -0.4 is 0 Å². The first-order valence-electron chi connectivity index (χ1n) is 7.90. The lowest BCUT2D eigenvalue weighted by molar-refractivity contribution is -0.0155. The molecule has 8 heteroatoms. The topological polar surface area (TPSA) is 80.8 Å². The van der Waals surface area contributed by atoms with E-state index in [-0.39, 0.29) is 16.0 Å². The maximum Gasteiger partial charge on any atom is 0.318 e. The quantitative estimate of drug-likeness (QED) is 0.572. The molecule has 0 saturated carbocycles. The van der Waals surface area contributed by atoms with Crippen LogP contribution in [0.5, 0.6) is 0 Å². The van der Waals surface area contributed by atoms with E-state index < -0.39 is 21.9 Å². The average molecular weight is 446 g/mol. The maximum atomic E-state index is 12.8. The van der Waals surface area contributed by atoms with Crippen LogP contribution in [0.1, 0.15) is 26.3 Å². The Bertz CT molecular complexity index is 1220. The van der Waals surface area contributed by atoms with Gasteiger partial charge in [0.25, 0.3) is 11.8 Å². The summed E-state index contributed by atoms with van der Waals surface area (Å²) in [7, 11) is -4.35. The van der Waals surface area contributed by atoms with Gasteiger partial charge in [-0.15, -0.1) is 9.35 Å². The molecule has 1 aliphatic heterocycles. The molecule has 1 heterocycles. The van der Waals surface area contributed by atoms with E-state index in [1.165, 1.54) is 24.3 Å². The van der Waals surface area contributed by atoms with Crippen molar-refractivity contribution < 1.29 is 22.3 Å². The predicted molar refractivity (Wildman–Crippen MR) is 102 cm³/mol. The van der Waals surface area contributed by atoms with Gasteiger partial charge in [-0.25, -0.2) is 0 Å². The maximum absolute atomic E-state index is 12.8. The molecule has 27 heavy (non-hydrogen) atoms. The summed E-state index contributed by atoms with van der Waals surface area (Å²) in [4.78, 5) is 25.4. The zero-order valence-electron chi connectivity index (χ0n) is 14.0. The van der Waals surface area contributed by atoms with Gasteiger partial charge in [0, 0.05) is 9.86 Å². The molecule has 0 unspecified atom stereocenters. The van der Waals surface area contributed by atoms with Crippen molar-refractivity contribution in [1.82, 2.24) is 5.06 Å². The normalized spacial score (nSPS) is 14.1. The zero-order chi connectivity index (χ0) is 19.3. The van der Waals surface area contributed by atoms with Gasteiger partial charge >= 0.3 is 10.1 Å². The van der Waals surface area contributed by atoms with E-state index in [1.54, 1.807) is 30.3 Å². The number of hydrogen-bond acceptors (Lipinski definition) is 5. The van der Waals surface area contributed by atoms with Gasteiger partial charge in [0.05, 0.1) is 16.0 Å². The van der Waals surface area contributed by atoms with Gasteiger partial charge in [-0.3, -0.25) is 9.59 Å². The number of hydrogen-bond donors (Lipinski definition) is 0.